The number of hydrogen-bond acceptors (Lipinski definition) is 5. The lowest BCUT2D eigenvalue weighted by atomic mass is 10.1. The number of nitrogens with zero attached hydrogens (tertiary/aromatic N) is 2. The van der Waals surface area contributed by atoms with E-state index in [4.69, 9.17) is 0 Å². The first-order valence-electron chi connectivity index (χ1n) is 7.70. The lowest BCUT2D eigenvalue weighted by Crippen LogP contribution is -2.30. The number of carboxylic acid groups (broad SMARTS) is 1. The van der Waals surface area contributed by atoms with Crippen LogP contribution in [0.3, 0.4) is 0 Å². The summed E-state index contributed by atoms with van der Waals surface area (Å²) in [5, 5.41) is 8.81. The summed E-state index contributed by atoms with van der Waals surface area (Å²) in [6.07, 6.45) is 1.52. The first-order valence-corrected chi connectivity index (χ1v) is 8.58. The number of aryl methyl sites for hydroxylation is 1. The maximum Gasteiger partial charge on any atom is 0.338 e. The molecule has 1 saturated heterocycles. The highest BCUT2D eigenvalue weighted by molar-refractivity contribution is 8.00. The van der Waals surface area contributed by atoms with E-state index in [-0.39, 0.29) is 35.4 Å². The minimum absolute atomic E-state index is 0.0322. The fourth-order valence-corrected chi connectivity index (χ4v) is 3.70. The van der Waals surface area contributed by atoms with E-state index in [1.807, 2.05) is 31.2 Å². The van der Waals surface area contributed by atoms with E-state index >= 15 is 0 Å². The van der Waals surface area contributed by atoms with Crippen LogP contribution in [0, 0.1) is 6.92 Å². The van der Waals surface area contributed by atoms with Gasteiger partial charge in [0, 0.05) is 12.6 Å². The van der Waals surface area contributed by atoms with Gasteiger partial charge in [0.25, 0.3) is 0 Å². The molecule has 128 valence electrons. The number of hydrogen-bond donors (Lipinski definition) is 1. The Balaban J connectivity index is 1.75. The van der Waals surface area contributed by atoms with Crippen molar-refractivity contribution in [2.45, 2.75) is 30.2 Å². The Kier molecular flexibility index (Phi) is 4.85. The third-order valence-electron chi connectivity index (χ3n) is 3.92. The SMILES string of the molecule is Cc1ccc(CN2C(=O)C[C@@H](Sc3ncccc3C(=O)O)C2=O)cc1. The number of likely N-dealkylation sites (tertiary alicyclic amines) is 1. The molecule has 6 nitrogen and oxygen atoms in total. The molecular formula is C18H16N2O4S. The van der Waals surface area contributed by atoms with Crippen LogP contribution in [0.2, 0.25) is 0 Å². The Morgan fingerprint density at radius 3 is 2.68 bits per heavy atom. The van der Waals surface area contributed by atoms with Crippen molar-refractivity contribution < 1.29 is 19.5 Å². The van der Waals surface area contributed by atoms with Gasteiger partial charge in [0.2, 0.25) is 11.8 Å². The summed E-state index contributed by atoms with van der Waals surface area (Å²) in [5.41, 5.74) is 2.01. The second-order valence-electron chi connectivity index (χ2n) is 5.78. The summed E-state index contributed by atoms with van der Waals surface area (Å²) in [6, 6.07) is 10.6. The number of pyridine rings is 1. The Hall–Kier alpha value is -2.67. The molecule has 3 rings (SSSR count). The van der Waals surface area contributed by atoms with Crippen LogP contribution in [0.5, 0.6) is 0 Å². The Bertz CT molecular complexity index is 835. The second kappa shape index (κ2) is 7.06. The largest absolute Gasteiger partial charge is 0.478 e. The summed E-state index contributed by atoms with van der Waals surface area (Å²) in [6.45, 7) is 2.19. The monoisotopic (exact) mass is 356 g/mol. The van der Waals surface area contributed by atoms with E-state index in [1.54, 1.807) is 0 Å². The Morgan fingerprint density at radius 2 is 2.00 bits per heavy atom. The summed E-state index contributed by atoms with van der Waals surface area (Å²) < 4.78 is 0. The van der Waals surface area contributed by atoms with Crippen LogP contribution in [-0.2, 0) is 16.1 Å². The van der Waals surface area contributed by atoms with Gasteiger partial charge in [0.15, 0.2) is 0 Å². The number of aromatic carboxylic acids is 1. The molecule has 1 aliphatic heterocycles. The maximum atomic E-state index is 12.6. The fraction of sp³-hybridized carbons (Fsp3) is 0.222. The molecule has 2 amide bonds. The molecule has 1 aromatic heterocycles. The molecule has 7 heteroatoms. The van der Waals surface area contributed by atoms with E-state index in [0.717, 1.165) is 22.9 Å². The quantitative estimate of drug-likeness (QED) is 0.828. The third kappa shape index (κ3) is 3.71. The molecule has 0 radical (unpaired) electrons. The van der Waals surface area contributed by atoms with Crippen molar-refractivity contribution >= 4 is 29.5 Å². The van der Waals surface area contributed by atoms with Crippen molar-refractivity contribution in [3.05, 3.63) is 59.3 Å². The number of carbonyl (C=O) groups excluding carboxylic acids is 2. The first-order chi connectivity index (χ1) is 12.0. The van der Waals surface area contributed by atoms with Crippen LogP contribution in [0.25, 0.3) is 0 Å². The van der Waals surface area contributed by atoms with Gasteiger partial charge in [-0.3, -0.25) is 14.5 Å². The Morgan fingerprint density at radius 1 is 1.28 bits per heavy atom. The minimum Gasteiger partial charge on any atom is -0.478 e. The highest BCUT2D eigenvalue weighted by Crippen LogP contribution is 2.32. The highest BCUT2D eigenvalue weighted by atomic mass is 32.2. The molecule has 1 N–H and O–H groups in total. The van der Waals surface area contributed by atoms with Crippen LogP contribution in [0.1, 0.15) is 27.9 Å². The number of thioether (sulfide) groups is 1. The van der Waals surface area contributed by atoms with Gasteiger partial charge in [-0.2, -0.15) is 0 Å². The molecule has 1 aliphatic rings. The average molecular weight is 356 g/mol. The average Bonchev–Trinajstić information content (AvgIpc) is 2.84. The van der Waals surface area contributed by atoms with E-state index in [0.29, 0.717) is 0 Å². The van der Waals surface area contributed by atoms with E-state index in [1.165, 1.54) is 23.2 Å². The molecule has 25 heavy (non-hydrogen) atoms. The molecule has 0 unspecified atom stereocenters. The molecule has 0 saturated carbocycles. The van der Waals surface area contributed by atoms with Gasteiger partial charge in [0.1, 0.15) is 5.03 Å². The van der Waals surface area contributed by atoms with Gasteiger partial charge in [-0.05, 0) is 24.6 Å². The molecule has 1 aromatic carbocycles. The zero-order valence-electron chi connectivity index (χ0n) is 13.5. The van der Waals surface area contributed by atoms with Gasteiger partial charge in [-0.15, -0.1) is 0 Å². The fourth-order valence-electron chi connectivity index (χ4n) is 2.57. The topological polar surface area (TPSA) is 87.6 Å². The molecule has 1 fully saturated rings. The molecule has 2 aromatic rings. The number of benzene rings is 1. The van der Waals surface area contributed by atoms with Crippen LogP contribution in [-0.4, -0.2) is 38.0 Å². The smallest absolute Gasteiger partial charge is 0.338 e. The standard InChI is InChI=1S/C18H16N2O4S/c1-11-4-6-12(7-5-11)10-20-15(21)9-14(17(20)22)25-16-13(18(23)24)3-2-8-19-16/h2-8,14H,9-10H2,1H3,(H,23,24)/t14-/m1/s1. The zero-order chi connectivity index (χ0) is 18.0. The lowest BCUT2D eigenvalue weighted by molar-refractivity contribution is -0.138. The highest BCUT2D eigenvalue weighted by Gasteiger charge is 2.39. The number of rotatable bonds is 5. The molecule has 1 atom stereocenters. The minimum atomic E-state index is -1.11. The maximum absolute atomic E-state index is 12.6. The van der Waals surface area contributed by atoms with Crippen LogP contribution >= 0.6 is 11.8 Å². The summed E-state index contributed by atoms with van der Waals surface area (Å²) in [4.78, 5) is 41.3. The summed E-state index contributed by atoms with van der Waals surface area (Å²) in [7, 11) is 0. The molecule has 0 bridgehead atoms. The van der Waals surface area contributed by atoms with Gasteiger partial charge in [-0.25, -0.2) is 9.78 Å². The summed E-state index contributed by atoms with van der Waals surface area (Å²) >= 11 is 1.03. The Labute approximate surface area is 148 Å². The molecule has 2 heterocycles. The van der Waals surface area contributed by atoms with Gasteiger partial charge in [0.05, 0.1) is 17.4 Å². The predicted molar refractivity (Wildman–Crippen MR) is 92.2 cm³/mol. The number of carboxylic acids is 1. The van der Waals surface area contributed by atoms with Crippen LogP contribution in [0.15, 0.2) is 47.6 Å². The molecule has 0 spiro atoms. The number of carbonyl (C=O) groups is 3. The van der Waals surface area contributed by atoms with Crippen LogP contribution < -0.4 is 0 Å². The van der Waals surface area contributed by atoms with E-state index in [9.17, 15) is 19.5 Å². The van der Waals surface area contributed by atoms with Crippen molar-refractivity contribution in [2.75, 3.05) is 0 Å². The number of amides is 2. The van der Waals surface area contributed by atoms with Gasteiger partial charge >= 0.3 is 5.97 Å². The van der Waals surface area contributed by atoms with Gasteiger partial charge < -0.3 is 5.11 Å². The van der Waals surface area contributed by atoms with E-state index < -0.39 is 11.2 Å². The number of aromatic nitrogens is 1. The first kappa shape index (κ1) is 17.2. The van der Waals surface area contributed by atoms with Crippen molar-refractivity contribution in [1.82, 2.24) is 9.88 Å². The van der Waals surface area contributed by atoms with Crippen molar-refractivity contribution in [3.8, 4) is 0 Å². The number of imide groups is 1. The zero-order valence-corrected chi connectivity index (χ0v) is 14.3. The normalized spacial score (nSPS) is 17.2. The van der Waals surface area contributed by atoms with Crippen molar-refractivity contribution in [3.63, 3.8) is 0 Å². The lowest BCUT2D eigenvalue weighted by Gasteiger charge is -2.15. The van der Waals surface area contributed by atoms with Gasteiger partial charge in [-0.1, -0.05) is 41.6 Å². The van der Waals surface area contributed by atoms with Crippen LogP contribution in [0.4, 0.5) is 0 Å². The molecular weight excluding hydrogens is 340 g/mol. The second-order valence-corrected chi connectivity index (χ2v) is 6.97. The van der Waals surface area contributed by atoms with Crippen molar-refractivity contribution in [2.24, 2.45) is 0 Å². The molecule has 0 aliphatic carbocycles. The van der Waals surface area contributed by atoms with Crippen molar-refractivity contribution in [1.29, 1.82) is 0 Å². The third-order valence-corrected chi connectivity index (χ3v) is 5.12. The van der Waals surface area contributed by atoms with E-state index in [2.05, 4.69) is 4.98 Å². The predicted octanol–water partition coefficient (Wildman–Crippen LogP) is 2.51. The summed E-state index contributed by atoms with van der Waals surface area (Å²) in [5.74, 6) is -1.67.